The largest absolute Gasteiger partial charge is 0.497 e. The van der Waals surface area contributed by atoms with Crippen LogP contribution in [0.15, 0.2) is 48.5 Å². The Kier molecular flexibility index (Phi) is 8.63. The average Bonchev–Trinajstić information content (AvgIpc) is 2.92. The zero-order valence-electron chi connectivity index (χ0n) is 19.5. The van der Waals surface area contributed by atoms with Crippen LogP contribution in [0, 0.1) is 17.2 Å². The molecule has 0 bridgehead atoms. The highest BCUT2D eigenvalue weighted by Crippen LogP contribution is 2.20. The monoisotopic (exact) mass is 462 g/mol. The van der Waals surface area contributed by atoms with Crippen molar-refractivity contribution in [1.82, 2.24) is 15.5 Å². The van der Waals surface area contributed by atoms with Crippen LogP contribution in [-0.2, 0) is 16.1 Å². The minimum atomic E-state index is -0.416. The van der Waals surface area contributed by atoms with Crippen LogP contribution in [0.3, 0.4) is 0 Å². The Morgan fingerprint density at radius 3 is 2.47 bits per heavy atom. The van der Waals surface area contributed by atoms with Gasteiger partial charge in [0.05, 0.1) is 18.7 Å². The van der Waals surface area contributed by atoms with Crippen LogP contribution in [0.25, 0.3) is 0 Å². The topological polar surface area (TPSA) is 112 Å². The summed E-state index contributed by atoms with van der Waals surface area (Å²) in [5.41, 5.74) is 1.90. The molecule has 0 spiro atoms. The Balaban J connectivity index is 1.57. The Morgan fingerprint density at radius 1 is 1.12 bits per heavy atom. The first-order valence-corrected chi connectivity index (χ1v) is 11.3. The van der Waals surface area contributed by atoms with E-state index in [-0.39, 0.29) is 30.2 Å². The number of methoxy groups -OCH3 is 1. The number of carbonyl (C=O) groups excluding carboxylic acids is 3. The van der Waals surface area contributed by atoms with Gasteiger partial charge in [0.1, 0.15) is 5.75 Å². The number of benzene rings is 2. The minimum absolute atomic E-state index is 0.121. The lowest BCUT2D eigenvalue weighted by molar-refractivity contribution is -0.135. The van der Waals surface area contributed by atoms with Crippen LogP contribution >= 0.6 is 0 Å². The van der Waals surface area contributed by atoms with E-state index in [1.165, 1.54) is 0 Å². The van der Waals surface area contributed by atoms with E-state index in [0.29, 0.717) is 43.5 Å². The Morgan fingerprint density at radius 2 is 1.82 bits per heavy atom. The average molecular weight is 463 g/mol. The van der Waals surface area contributed by atoms with Crippen molar-refractivity contribution < 1.29 is 19.1 Å². The van der Waals surface area contributed by atoms with Gasteiger partial charge in [0, 0.05) is 44.1 Å². The van der Waals surface area contributed by atoms with Crippen LogP contribution in [0.4, 0.5) is 0 Å². The van der Waals surface area contributed by atoms with Gasteiger partial charge in [-0.1, -0.05) is 18.6 Å². The second kappa shape index (κ2) is 11.8. The molecule has 0 aliphatic carbocycles. The predicted octanol–water partition coefficient (Wildman–Crippen LogP) is 2.63. The maximum absolute atomic E-state index is 12.8. The molecule has 2 atom stereocenters. The predicted molar refractivity (Wildman–Crippen MR) is 127 cm³/mol. The first-order chi connectivity index (χ1) is 16.4. The number of hydrogen-bond donors (Lipinski definition) is 2. The first kappa shape index (κ1) is 24.8. The summed E-state index contributed by atoms with van der Waals surface area (Å²) in [4.78, 5) is 39.8. The molecule has 1 saturated heterocycles. The van der Waals surface area contributed by atoms with Gasteiger partial charge in [-0.25, -0.2) is 0 Å². The van der Waals surface area contributed by atoms with Crippen molar-refractivity contribution >= 4 is 17.7 Å². The summed E-state index contributed by atoms with van der Waals surface area (Å²) in [7, 11) is 3.30. The highest BCUT2D eigenvalue weighted by Gasteiger charge is 2.27. The fourth-order valence-electron chi connectivity index (χ4n) is 3.99. The van der Waals surface area contributed by atoms with Gasteiger partial charge in [-0.05, 0) is 54.8 Å². The SMILES string of the molecule is COc1ccc(CNC(=O)[C@@H]2CCC[C@@H](NC(=O)c3ccc(C#N)cc3)CN(C)C(=O)C2)cc1. The van der Waals surface area contributed by atoms with Crippen molar-refractivity contribution in [2.75, 3.05) is 20.7 Å². The van der Waals surface area contributed by atoms with Gasteiger partial charge in [0.2, 0.25) is 11.8 Å². The van der Waals surface area contributed by atoms with Gasteiger partial charge in [0.25, 0.3) is 5.91 Å². The third-order valence-electron chi connectivity index (χ3n) is 6.05. The van der Waals surface area contributed by atoms with E-state index in [1.54, 1.807) is 43.3 Å². The van der Waals surface area contributed by atoms with Crippen LogP contribution in [-0.4, -0.2) is 49.4 Å². The summed E-state index contributed by atoms with van der Waals surface area (Å²) in [6.45, 7) is 0.758. The quantitative estimate of drug-likeness (QED) is 0.686. The normalized spacial score (nSPS) is 18.6. The van der Waals surface area contributed by atoms with Gasteiger partial charge in [0.15, 0.2) is 0 Å². The number of carbonyl (C=O) groups is 3. The molecule has 0 unspecified atom stereocenters. The molecular weight excluding hydrogens is 432 g/mol. The number of rotatable bonds is 6. The molecule has 178 valence electrons. The maximum atomic E-state index is 12.8. The zero-order chi connectivity index (χ0) is 24.5. The third-order valence-corrected chi connectivity index (χ3v) is 6.05. The van der Waals surface area contributed by atoms with E-state index in [9.17, 15) is 14.4 Å². The summed E-state index contributed by atoms with van der Waals surface area (Å²) >= 11 is 0. The number of nitrogens with zero attached hydrogens (tertiary/aromatic N) is 2. The molecule has 1 fully saturated rings. The summed E-state index contributed by atoms with van der Waals surface area (Å²) < 4.78 is 5.15. The van der Waals surface area contributed by atoms with E-state index < -0.39 is 5.92 Å². The molecule has 0 saturated carbocycles. The summed E-state index contributed by atoms with van der Waals surface area (Å²) in [5.74, 6) is -0.174. The van der Waals surface area contributed by atoms with Gasteiger partial charge < -0.3 is 20.3 Å². The molecular formula is C26H30N4O4. The lowest BCUT2D eigenvalue weighted by Gasteiger charge is -2.24. The van der Waals surface area contributed by atoms with Gasteiger partial charge >= 0.3 is 0 Å². The Bertz CT molecular complexity index is 1040. The number of nitriles is 1. The van der Waals surface area contributed by atoms with E-state index in [0.717, 1.165) is 11.3 Å². The number of likely N-dealkylation sites (N-methyl/N-ethyl adjacent to an activating group) is 1. The van der Waals surface area contributed by atoms with Crippen LogP contribution < -0.4 is 15.4 Å². The van der Waals surface area contributed by atoms with Gasteiger partial charge in [-0.15, -0.1) is 0 Å². The fraction of sp³-hybridized carbons (Fsp3) is 0.385. The van der Waals surface area contributed by atoms with Crippen molar-refractivity contribution in [3.8, 4) is 11.8 Å². The van der Waals surface area contributed by atoms with Crippen molar-refractivity contribution in [3.63, 3.8) is 0 Å². The number of ether oxygens (including phenoxy) is 1. The standard InChI is InChI=1S/C26H30N4O4/c1-30-17-22(29-26(33)20-10-6-18(15-27)7-11-20)5-3-4-21(14-24(30)31)25(32)28-16-19-8-12-23(34-2)13-9-19/h6-13,21-22H,3-5,14,16-17H2,1-2H3,(H,28,32)(H,29,33)/t21-,22-/m1/s1. The molecule has 2 N–H and O–H groups in total. The fourth-order valence-corrected chi connectivity index (χ4v) is 3.99. The molecule has 34 heavy (non-hydrogen) atoms. The second-order valence-electron chi connectivity index (χ2n) is 8.53. The number of amides is 3. The molecule has 1 aliphatic heterocycles. The molecule has 0 radical (unpaired) electrons. The van der Waals surface area contributed by atoms with E-state index in [1.807, 2.05) is 30.3 Å². The highest BCUT2D eigenvalue weighted by atomic mass is 16.5. The molecule has 8 heteroatoms. The molecule has 3 amide bonds. The number of hydrogen-bond acceptors (Lipinski definition) is 5. The molecule has 3 rings (SSSR count). The summed E-state index contributed by atoms with van der Waals surface area (Å²) in [6, 6.07) is 15.7. The smallest absolute Gasteiger partial charge is 0.251 e. The first-order valence-electron chi connectivity index (χ1n) is 11.3. The lowest BCUT2D eigenvalue weighted by atomic mass is 9.96. The maximum Gasteiger partial charge on any atom is 0.251 e. The van der Waals surface area contributed by atoms with Gasteiger partial charge in [-0.3, -0.25) is 14.4 Å². The molecule has 0 aromatic heterocycles. The van der Waals surface area contributed by atoms with Crippen molar-refractivity contribution in [2.45, 2.75) is 38.3 Å². The van der Waals surface area contributed by atoms with Gasteiger partial charge in [-0.2, -0.15) is 5.26 Å². The van der Waals surface area contributed by atoms with E-state index >= 15 is 0 Å². The highest BCUT2D eigenvalue weighted by molar-refractivity contribution is 5.94. The molecule has 2 aromatic rings. The Hall–Kier alpha value is -3.86. The second-order valence-corrected chi connectivity index (χ2v) is 8.53. The minimum Gasteiger partial charge on any atom is -0.497 e. The number of nitrogens with one attached hydrogen (secondary N) is 2. The summed E-state index contributed by atoms with van der Waals surface area (Å²) in [6.07, 6.45) is 2.07. The molecule has 2 aromatic carbocycles. The van der Waals surface area contributed by atoms with Crippen LogP contribution in [0.2, 0.25) is 0 Å². The molecule has 1 aliphatic rings. The lowest BCUT2D eigenvalue weighted by Crippen LogP contribution is -2.44. The van der Waals surface area contributed by atoms with E-state index in [4.69, 9.17) is 10.00 Å². The summed E-state index contributed by atoms with van der Waals surface area (Å²) in [5, 5.41) is 14.9. The molecule has 1 heterocycles. The van der Waals surface area contributed by atoms with Crippen LogP contribution in [0.5, 0.6) is 5.75 Å². The zero-order valence-corrected chi connectivity index (χ0v) is 19.5. The third kappa shape index (κ3) is 6.82. The van der Waals surface area contributed by atoms with Crippen LogP contribution in [0.1, 0.15) is 47.2 Å². The van der Waals surface area contributed by atoms with E-state index in [2.05, 4.69) is 10.6 Å². The Labute approximate surface area is 199 Å². The van der Waals surface area contributed by atoms with Crippen molar-refractivity contribution in [1.29, 1.82) is 5.26 Å². The van der Waals surface area contributed by atoms with Crippen molar-refractivity contribution in [3.05, 3.63) is 65.2 Å². The van der Waals surface area contributed by atoms with Crippen molar-refractivity contribution in [2.24, 2.45) is 5.92 Å². The molecule has 8 nitrogen and oxygen atoms in total.